The predicted octanol–water partition coefficient (Wildman–Crippen LogP) is 7.55. The second-order valence-electron chi connectivity index (χ2n) is 7.86. The topological polar surface area (TPSA) is 37.3 Å². The van der Waals surface area contributed by atoms with Crippen molar-refractivity contribution in [1.29, 1.82) is 0 Å². The minimum atomic E-state index is -1.16. The SMILES string of the molecule is CCCCCCCN(Cc1cccn1-c1cccc(Cl)c1)C(=O)Nc1c(F)cc(F)cc1F. The van der Waals surface area contributed by atoms with Gasteiger partial charge in [0, 0.05) is 41.3 Å². The van der Waals surface area contributed by atoms with Crippen LogP contribution in [0.1, 0.15) is 44.7 Å². The van der Waals surface area contributed by atoms with Crippen molar-refractivity contribution >= 4 is 23.3 Å². The number of aromatic nitrogens is 1. The van der Waals surface area contributed by atoms with E-state index in [0.717, 1.165) is 43.5 Å². The lowest BCUT2D eigenvalue weighted by Crippen LogP contribution is -2.36. The van der Waals surface area contributed by atoms with Crippen LogP contribution in [0.2, 0.25) is 5.02 Å². The summed E-state index contributed by atoms with van der Waals surface area (Å²) in [5, 5.41) is 2.86. The van der Waals surface area contributed by atoms with Gasteiger partial charge in [0.25, 0.3) is 0 Å². The van der Waals surface area contributed by atoms with Gasteiger partial charge < -0.3 is 14.8 Å². The number of hydrogen-bond donors (Lipinski definition) is 1. The molecule has 0 saturated carbocycles. The minimum absolute atomic E-state index is 0.212. The number of urea groups is 1. The van der Waals surface area contributed by atoms with Gasteiger partial charge in [-0.05, 0) is 36.8 Å². The second kappa shape index (κ2) is 11.8. The summed E-state index contributed by atoms with van der Waals surface area (Å²) in [4.78, 5) is 14.5. The zero-order valence-electron chi connectivity index (χ0n) is 18.5. The highest BCUT2D eigenvalue weighted by molar-refractivity contribution is 6.30. The third-order valence-electron chi connectivity index (χ3n) is 5.33. The maximum absolute atomic E-state index is 14.1. The molecule has 8 heteroatoms. The summed E-state index contributed by atoms with van der Waals surface area (Å²) in [6.45, 7) is 2.74. The van der Waals surface area contributed by atoms with Crippen LogP contribution in [0, 0.1) is 17.5 Å². The molecule has 4 nitrogen and oxygen atoms in total. The lowest BCUT2D eigenvalue weighted by Gasteiger charge is -2.24. The van der Waals surface area contributed by atoms with Crippen LogP contribution in [-0.2, 0) is 6.54 Å². The number of unbranched alkanes of at least 4 members (excludes halogenated alkanes) is 4. The van der Waals surface area contributed by atoms with Crippen molar-refractivity contribution in [2.45, 2.75) is 45.6 Å². The molecular formula is C25H27ClF3N3O. The van der Waals surface area contributed by atoms with E-state index in [0.29, 0.717) is 23.7 Å². The first-order chi connectivity index (χ1) is 15.9. The molecule has 1 N–H and O–H groups in total. The van der Waals surface area contributed by atoms with E-state index in [1.54, 1.807) is 6.07 Å². The van der Waals surface area contributed by atoms with Crippen LogP contribution in [0.3, 0.4) is 0 Å². The molecule has 0 aliphatic heterocycles. The quantitative estimate of drug-likeness (QED) is 0.301. The van der Waals surface area contributed by atoms with Gasteiger partial charge in [0.05, 0.1) is 6.54 Å². The van der Waals surface area contributed by atoms with Crippen molar-refractivity contribution < 1.29 is 18.0 Å². The molecule has 0 aliphatic rings. The molecule has 0 unspecified atom stereocenters. The van der Waals surface area contributed by atoms with Crippen LogP contribution >= 0.6 is 11.6 Å². The van der Waals surface area contributed by atoms with Crippen LogP contribution in [0.5, 0.6) is 0 Å². The molecule has 0 fully saturated rings. The van der Waals surface area contributed by atoms with Crippen molar-refractivity contribution in [3.63, 3.8) is 0 Å². The Morgan fingerprint density at radius 2 is 1.73 bits per heavy atom. The highest BCUT2D eigenvalue weighted by Crippen LogP contribution is 2.22. The summed E-state index contributed by atoms with van der Waals surface area (Å²) in [5.74, 6) is -3.37. The Bertz CT molecular complexity index is 1060. The van der Waals surface area contributed by atoms with E-state index in [2.05, 4.69) is 12.2 Å². The molecule has 176 valence electrons. The lowest BCUT2D eigenvalue weighted by atomic mass is 10.1. The zero-order chi connectivity index (χ0) is 23.8. The smallest absolute Gasteiger partial charge is 0.319 e. The van der Waals surface area contributed by atoms with E-state index in [-0.39, 0.29) is 6.54 Å². The molecule has 0 atom stereocenters. The van der Waals surface area contributed by atoms with Crippen molar-refractivity contribution in [3.05, 3.63) is 82.9 Å². The molecule has 33 heavy (non-hydrogen) atoms. The number of carbonyl (C=O) groups excluding carboxylic acids is 1. The number of carbonyl (C=O) groups is 1. The first-order valence-corrected chi connectivity index (χ1v) is 11.4. The zero-order valence-corrected chi connectivity index (χ0v) is 19.2. The third-order valence-corrected chi connectivity index (χ3v) is 5.57. The standard InChI is InChI=1S/C25H27ClF3N3O/c1-2-3-4-5-6-12-31(25(33)30-24-22(28)15-19(27)16-23(24)29)17-21-11-8-13-32(21)20-10-7-9-18(26)14-20/h7-11,13-16H,2-6,12,17H2,1H3,(H,30,33). The second-order valence-corrected chi connectivity index (χ2v) is 8.30. The van der Waals surface area contributed by atoms with Crippen LogP contribution in [-0.4, -0.2) is 22.0 Å². The summed E-state index contributed by atoms with van der Waals surface area (Å²) >= 11 is 6.13. The summed E-state index contributed by atoms with van der Waals surface area (Å²) < 4.78 is 43.3. The molecule has 0 saturated heterocycles. The monoisotopic (exact) mass is 477 g/mol. The molecule has 1 heterocycles. The maximum atomic E-state index is 14.1. The Balaban J connectivity index is 1.80. The number of hydrogen-bond acceptors (Lipinski definition) is 1. The number of halogens is 4. The van der Waals surface area contributed by atoms with E-state index in [1.807, 2.05) is 41.1 Å². The molecular weight excluding hydrogens is 451 g/mol. The summed E-state index contributed by atoms with van der Waals surface area (Å²) in [5.41, 5.74) is 0.977. The van der Waals surface area contributed by atoms with Gasteiger partial charge >= 0.3 is 6.03 Å². The molecule has 0 radical (unpaired) electrons. The number of amides is 2. The average molecular weight is 478 g/mol. The third kappa shape index (κ3) is 6.78. The van der Waals surface area contributed by atoms with Gasteiger partial charge in [-0.15, -0.1) is 0 Å². The van der Waals surface area contributed by atoms with Crippen LogP contribution in [0.15, 0.2) is 54.7 Å². The number of anilines is 1. The number of rotatable bonds is 10. The van der Waals surface area contributed by atoms with E-state index in [9.17, 15) is 18.0 Å². The van der Waals surface area contributed by atoms with Gasteiger partial charge in [0.15, 0.2) is 11.6 Å². The first-order valence-electron chi connectivity index (χ1n) is 11.0. The van der Waals surface area contributed by atoms with Crippen LogP contribution < -0.4 is 5.32 Å². The molecule has 0 bridgehead atoms. The number of nitrogens with one attached hydrogen (secondary N) is 1. The highest BCUT2D eigenvalue weighted by Gasteiger charge is 2.20. The Hall–Kier alpha value is -2.93. The maximum Gasteiger partial charge on any atom is 0.322 e. The van der Waals surface area contributed by atoms with Gasteiger partial charge in [-0.2, -0.15) is 0 Å². The van der Waals surface area contributed by atoms with Gasteiger partial charge in [-0.3, -0.25) is 0 Å². The van der Waals surface area contributed by atoms with Crippen molar-refractivity contribution in [1.82, 2.24) is 9.47 Å². The first kappa shape index (κ1) is 24.7. The van der Waals surface area contributed by atoms with E-state index in [4.69, 9.17) is 11.6 Å². The lowest BCUT2D eigenvalue weighted by molar-refractivity contribution is 0.206. The van der Waals surface area contributed by atoms with Crippen molar-refractivity contribution in [2.75, 3.05) is 11.9 Å². The Kier molecular flexibility index (Phi) is 8.83. The Morgan fingerprint density at radius 3 is 2.42 bits per heavy atom. The Morgan fingerprint density at radius 1 is 1.00 bits per heavy atom. The molecule has 3 rings (SSSR count). The summed E-state index contributed by atoms with van der Waals surface area (Å²) in [6.07, 6.45) is 6.80. The van der Waals surface area contributed by atoms with Crippen molar-refractivity contribution in [3.8, 4) is 5.69 Å². The Labute approximate surface area is 197 Å². The van der Waals surface area contributed by atoms with Crippen molar-refractivity contribution in [2.24, 2.45) is 0 Å². The molecule has 0 aliphatic carbocycles. The van der Waals surface area contributed by atoms with E-state index >= 15 is 0 Å². The minimum Gasteiger partial charge on any atom is -0.319 e. The van der Waals surface area contributed by atoms with Gasteiger partial charge in [0.2, 0.25) is 0 Å². The normalized spacial score (nSPS) is 10.9. The van der Waals surface area contributed by atoms with Gasteiger partial charge in [-0.25, -0.2) is 18.0 Å². The van der Waals surface area contributed by atoms with Gasteiger partial charge in [0.1, 0.15) is 11.5 Å². The van der Waals surface area contributed by atoms with E-state index < -0.39 is 29.2 Å². The fourth-order valence-corrected chi connectivity index (χ4v) is 3.81. The predicted molar refractivity (Wildman–Crippen MR) is 125 cm³/mol. The fraction of sp³-hybridized carbons (Fsp3) is 0.320. The molecule has 3 aromatic rings. The molecule has 2 aromatic carbocycles. The summed E-state index contributed by atoms with van der Waals surface area (Å²) in [6, 6.07) is 11.5. The number of nitrogens with zero attached hydrogens (tertiary/aromatic N) is 2. The fourth-order valence-electron chi connectivity index (χ4n) is 3.62. The van der Waals surface area contributed by atoms with E-state index in [1.165, 1.54) is 4.90 Å². The highest BCUT2D eigenvalue weighted by atomic mass is 35.5. The number of benzene rings is 2. The molecule has 0 spiro atoms. The molecule has 2 amide bonds. The molecule has 1 aromatic heterocycles. The summed E-state index contributed by atoms with van der Waals surface area (Å²) in [7, 11) is 0. The van der Waals surface area contributed by atoms with Crippen LogP contribution in [0.4, 0.5) is 23.7 Å². The van der Waals surface area contributed by atoms with Gasteiger partial charge in [-0.1, -0.05) is 50.3 Å². The van der Waals surface area contributed by atoms with Crippen LogP contribution in [0.25, 0.3) is 5.69 Å². The average Bonchev–Trinajstić information content (AvgIpc) is 3.23. The largest absolute Gasteiger partial charge is 0.322 e.